The number of fused-ring (bicyclic) bond motifs is 1. The number of hydrogen-bond acceptors (Lipinski definition) is 6. The van der Waals surface area contributed by atoms with Gasteiger partial charge in [-0.3, -0.25) is 0 Å². The number of hydrazine groups is 1. The number of nitrogens with two attached hydrogens (primary N) is 1. The van der Waals surface area contributed by atoms with E-state index in [0.717, 1.165) is 29.1 Å². The minimum absolute atomic E-state index is 0.527. The molecule has 0 amide bonds. The summed E-state index contributed by atoms with van der Waals surface area (Å²) >= 11 is 1.63. The van der Waals surface area contributed by atoms with Crippen LogP contribution in [-0.2, 0) is 17.8 Å². The average Bonchev–Trinajstić information content (AvgIpc) is 2.91. The fraction of sp³-hybridized carbons (Fsp3) is 0.273. The highest BCUT2D eigenvalue weighted by atomic mass is 32.1. The second-order valence-corrected chi connectivity index (χ2v) is 4.56. The first-order chi connectivity index (χ1) is 8.38. The van der Waals surface area contributed by atoms with Gasteiger partial charge in [0, 0.05) is 22.9 Å². The van der Waals surface area contributed by atoms with Gasteiger partial charge in [0.2, 0.25) is 0 Å². The molecule has 0 aromatic carbocycles. The van der Waals surface area contributed by atoms with Crippen LogP contribution in [0.5, 0.6) is 0 Å². The molecule has 1 aliphatic rings. The molecule has 17 heavy (non-hydrogen) atoms. The van der Waals surface area contributed by atoms with Crippen molar-refractivity contribution >= 4 is 17.2 Å². The predicted molar refractivity (Wildman–Crippen MR) is 66.5 cm³/mol. The molecule has 6 heteroatoms. The quantitative estimate of drug-likeness (QED) is 0.623. The van der Waals surface area contributed by atoms with Gasteiger partial charge in [0.1, 0.15) is 5.82 Å². The van der Waals surface area contributed by atoms with E-state index in [0.29, 0.717) is 19.0 Å². The van der Waals surface area contributed by atoms with Crippen LogP contribution in [0.1, 0.15) is 11.3 Å². The molecule has 0 saturated heterocycles. The fourth-order valence-electron chi connectivity index (χ4n) is 1.87. The summed E-state index contributed by atoms with van der Waals surface area (Å²) in [4.78, 5) is 9.01. The molecule has 0 unspecified atom stereocenters. The Balaban J connectivity index is 2.12. The summed E-state index contributed by atoms with van der Waals surface area (Å²) in [6.07, 6.45) is 0.809. The molecule has 3 N–H and O–H groups in total. The van der Waals surface area contributed by atoms with Crippen molar-refractivity contribution in [2.45, 2.75) is 13.0 Å². The molecule has 0 aliphatic carbocycles. The molecule has 0 radical (unpaired) electrons. The Hall–Kier alpha value is -1.50. The van der Waals surface area contributed by atoms with E-state index in [-0.39, 0.29) is 0 Å². The number of hydrogen-bond donors (Lipinski definition) is 2. The molecule has 0 bridgehead atoms. The minimum Gasteiger partial charge on any atom is -0.376 e. The maximum atomic E-state index is 5.50. The van der Waals surface area contributed by atoms with Crippen molar-refractivity contribution in [1.29, 1.82) is 0 Å². The SMILES string of the molecule is NNc1nc(-c2ccsc2)nc2c1COCC2. The Morgan fingerprint density at radius 1 is 1.41 bits per heavy atom. The fourth-order valence-corrected chi connectivity index (χ4v) is 2.51. The van der Waals surface area contributed by atoms with E-state index in [2.05, 4.69) is 15.4 Å². The van der Waals surface area contributed by atoms with Crippen LogP contribution in [0, 0.1) is 0 Å². The van der Waals surface area contributed by atoms with Crippen LogP contribution in [0.3, 0.4) is 0 Å². The number of thiophene rings is 1. The molecule has 3 heterocycles. The first-order valence-corrected chi connectivity index (χ1v) is 6.29. The molecule has 0 fully saturated rings. The van der Waals surface area contributed by atoms with E-state index in [1.807, 2.05) is 16.8 Å². The van der Waals surface area contributed by atoms with Crippen LogP contribution in [0.4, 0.5) is 5.82 Å². The van der Waals surface area contributed by atoms with Gasteiger partial charge >= 0.3 is 0 Å². The van der Waals surface area contributed by atoms with Crippen molar-refractivity contribution in [2.75, 3.05) is 12.0 Å². The van der Waals surface area contributed by atoms with E-state index in [9.17, 15) is 0 Å². The monoisotopic (exact) mass is 248 g/mol. The van der Waals surface area contributed by atoms with Gasteiger partial charge in [0.25, 0.3) is 0 Å². The topological polar surface area (TPSA) is 73.1 Å². The molecule has 1 aliphatic heterocycles. The minimum atomic E-state index is 0.527. The zero-order valence-electron chi connectivity index (χ0n) is 9.14. The highest BCUT2D eigenvalue weighted by Crippen LogP contribution is 2.26. The van der Waals surface area contributed by atoms with Crippen LogP contribution in [0.15, 0.2) is 16.8 Å². The van der Waals surface area contributed by atoms with Gasteiger partial charge in [-0.05, 0) is 11.4 Å². The first kappa shape index (κ1) is 10.6. The van der Waals surface area contributed by atoms with Crippen molar-refractivity contribution in [3.8, 4) is 11.4 Å². The Kier molecular flexibility index (Phi) is 2.76. The second kappa shape index (κ2) is 4.40. The largest absolute Gasteiger partial charge is 0.376 e. The van der Waals surface area contributed by atoms with E-state index in [1.165, 1.54) is 0 Å². The van der Waals surface area contributed by atoms with Gasteiger partial charge in [0.15, 0.2) is 5.82 Å². The summed E-state index contributed by atoms with van der Waals surface area (Å²) in [5.74, 6) is 6.89. The lowest BCUT2D eigenvalue weighted by Crippen LogP contribution is -2.19. The number of rotatable bonds is 2. The van der Waals surface area contributed by atoms with Crippen LogP contribution >= 0.6 is 11.3 Å². The zero-order chi connectivity index (χ0) is 11.7. The van der Waals surface area contributed by atoms with Crippen LogP contribution in [0.25, 0.3) is 11.4 Å². The summed E-state index contributed by atoms with van der Waals surface area (Å²) in [7, 11) is 0. The standard InChI is InChI=1S/C11H12N4OS/c12-15-11-8-5-16-3-1-9(8)13-10(14-11)7-2-4-17-6-7/h2,4,6H,1,3,5,12H2,(H,13,14,15). The van der Waals surface area contributed by atoms with Crippen molar-refractivity contribution in [1.82, 2.24) is 9.97 Å². The van der Waals surface area contributed by atoms with Crippen LogP contribution < -0.4 is 11.3 Å². The first-order valence-electron chi connectivity index (χ1n) is 5.35. The van der Waals surface area contributed by atoms with Crippen molar-refractivity contribution < 1.29 is 4.74 Å². The third kappa shape index (κ3) is 1.90. The average molecular weight is 248 g/mol. The highest BCUT2D eigenvalue weighted by Gasteiger charge is 2.18. The molecule has 0 saturated carbocycles. The molecular formula is C11H12N4OS. The van der Waals surface area contributed by atoms with Gasteiger partial charge in [0.05, 0.1) is 18.9 Å². The molecule has 0 spiro atoms. The summed E-state index contributed by atoms with van der Waals surface area (Å²) in [5, 5.41) is 4.04. The maximum absolute atomic E-state index is 5.50. The van der Waals surface area contributed by atoms with Crippen LogP contribution in [-0.4, -0.2) is 16.6 Å². The Morgan fingerprint density at radius 2 is 2.35 bits per heavy atom. The predicted octanol–water partition coefficient (Wildman–Crippen LogP) is 1.56. The molecule has 2 aromatic rings. The third-order valence-electron chi connectivity index (χ3n) is 2.74. The van der Waals surface area contributed by atoms with E-state index in [1.54, 1.807) is 11.3 Å². The number of nitrogens with one attached hydrogen (secondary N) is 1. The lowest BCUT2D eigenvalue weighted by atomic mass is 10.1. The Morgan fingerprint density at radius 3 is 3.12 bits per heavy atom. The molecular weight excluding hydrogens is 236 g/mol. The Bertz CT molecular complexity index is 509. The molecule has 5 nitrogen and oxygen atoms in total. The van der Waals surface area contributed by atoms with E-state index >= 15 is 0 Å². The number of nitrogen functional groups attached to an aromatic ring is 1. The van der Waals surface area contributed by atoms with Gasteiger partial charge in [-0.15, -0.1) is 0 Å². The van der Waals surface area contributed by atoms with Gasteiger partial charge in [-0.2, -0.15) is 11.3 Å². The summed E-state index contributed by atoms with van der Waals surface area (Å²) in [6.45, 7) is 1.23. The van der Waals surface area contributed by atoms with Gasteiger partial charge < -0.3 is 10.2 Å². The zero-order valence-corrected chi connectivity index (χ0v) is 9.96. The maximum Gasteiger partial charge on any atom is 0.162 e. The van der Waals surface area contributed by atoms with E-state index < -0.39 is 0 Å². The van der Waals surface area contributed by atoms with Crippen molar-refractivity contribution in [2.24, 2.45) is 5.84 Å². The molecule has 3 rings (SSSR count). The van der Waals surface area contributed by atoms with Gasteiger partial charge in [-0.25, -0.2) is 15.8 Å². The number of nitrogens with zero attached hydrogens (tertiary/aromatic N) is 2. The number of aromatic nitrogens is 2. The van der Waals surface area contributed by atoms with Crippen molar-refractivity contribution in [3.05, 3.63) is 28.1 Å². The summed E-state index contributed by atoms with van der Waals surface area (Å²) in [5.41, 5.74) is 5.66. The number of anilines is 1. The highest BCUT2D eigenvalue weighted by molar-refractivity contribution is 7.08. The molecule has 2 aromatic heterocycles. The second-order valence-electron chi connectivity index (χ2n) is 3.78. The van der Waals surface area contributed by atoms with Gasteiger partial charge in [-0.1, -0.05) is 0 Å². The Labute approximate surface area is 103 Å². The lowest BCUT2D eigenvalue weighted by molar-refractivity contribution is 0.109. The third-order valence-corrected chi connectivity index (χ3v) is 3.42. The summed E-state index contributed by atoms with van der Waals surface area (Å²) < 4.78 is 5.40. The van der Waals surface area contributed by atoms with Crippen LogP contribution in [0.2, 0.25) is 0 Å². The smallest absolute Gasteiger partial charge is 0.162 e. The molecule has 88 valence electrons. The number of ether oxygens (including phenoxy) is 1. The van der Waals surface area contributed by atoms with E-state index in [4.69, 9.17) is 10.6 Å². The normalized spacial score (nSPS) is 14.4. The van der Waals surface area contributed by atoms with Crippen molar-refractivity contribution in [3.63, 3.8) is 0 Å². The summed E-state index contributed by atoms with van der Waals surface area (Å²) in [6, 6.07) is 2.01. The molecule has 0 atom stereocenters. The lowest BCUT2D eigenvalue weighted by Gasteiger charge is -2.18.